The Kier molecular flexibility index (Phi) is 6.23. The Bertz CT molecular complexity index is 202. The fourth-order valence-electron chi connectivity index (χ4n) is 2.07. The molecule has 0 aliphatic carbocycles. The van der Waals surface area contributed by atoms with Gasteiger partial charge in [0.05, 0.1) is 0 Å². The largest absolute Gasteiger partial charge is 0.338 e. The quantitative estimate of drug-likeness (QED) is 0.723. The highest BCUT2D eigenvalue weighted by molar-refractivity contribution is 5.74. The van der Waals surface area contributed by atoms with E-state index in [0.717, 1.165) is 39.0 Å². The molecule has 0 spiro atoms. The van der Waals surface area contributed by atoms with Crippen molar-refractivity contribution in [2.75, 3.05) is 26.2 Å². The van der Waals surface area contributed by atoms with Crippen LogP contribution in [0.15, 0.2) is 0 Å². The topological polar surface area (TPSA) is 44.4 Å². The highest BCUT2D eigenvalue weighted by atomic mass is 16.2. The zero-order valence-electron chi connectivity index (χ0n) is 10.6. The Morgan fingerprint density at radius 2 is 2.25 bits per heavy atom. The zero-order valence-corrected chi connectivity index (χ0v) is 10.6. The monoisotopic (exact) mass is 227 g/mol. The van der Waals surface area contributed by atoms with Crippen molar-refractivity contribution >= 4 is 6.03 Å². The van der Waals surface area contributed by atoms with Crippen LogP contribution in [0.2, 0.25) is 0 Å². The molecule has 94 valence electrons. The summed E-state index contributed by atoms with van der Waals surface area (Å²) in [7, 11) is 0. The van der Waals surface area contributed by atoms with Gasteiger partial charge in [0.15, 0.2) is 0 Å². The lowest BCUT2D eigenvalue weighted by atomic mass is 10.2. The van der Waals surface area contributed by atoms with E-state index in [0.29, 0.717) is 6.04 Å². The standard InChI is InChI=1S/C12H25N3O/c1-3-7-14-12(16)15(9-4-2)10-11-6-5-8-13-11/h11,13H,3-10H2,1-2H3,(H,14,16). The minimum Gasteiger partial charge on any atom is -0.338 e. The van der Waals surface area contributed by atoms with Crippen molar-refractivity contribution in [3.05, 3.63) is 0 Å². The summed E-state index contributed by atoms with van der Waals surface area (Å²) in [5, 5.41) is 6.39. The van der Waals surface area contributed by atoms with Gasteiger partial charge in [-0.05, 0) is 32.2 Å². The number of carbonyl (C=O) groups excluding carboxylic acids is 1. The van der Waals surface area contributed by atoms with Crippen LogP contribution >= 0.6 is 0 Å². The second-order valence-corrected chi connectivity index (χ2v) is 4.47. The van der Waals surface area contributed by atoms with E-state index in [4.69, 9.17) is 0 Å². The highest BCUT2D eigenvalue weighted by Crippen LogP contribution is 2.07. The number of carbonyl (C=O) groups is 1. The second kappa shape index (κ2) is 7.49. The Morgan fingerprint density at radius 3 is 2.81 bits per heavy atom. The van der Waals surface area contributed by atoms with Crippen LogP contribution in [0.4, 0.5) is 4.79 Å². The van der Waals surface area contributed by atoms with E-state index >= 15 is 0 Å². The van der Waals surface area contributed by atoms with Gasteiger partial charge in [-0.2, -0.15) is 0 Å². The van der Waals surface area contributed by atoms with Crippen molar-refractivity contribution in [1.82, 2.24) is 15.5 Å². The molecule has 1 unspecified atom stereocenters. The summed E-state index contributed by atoms with van der Waals surface area (Å²) < 4.78 is 0. The first-order valence-corrected chi connectivity index (χ1v) is 6.54. The summed E-state index contributed by atoms with van der Waals surface area (Å²) in [6.45, 7) is 7.76. The maximum Gasteiger partial charge on any atom is 0.317 e. The normalized spacial score (nSPS) is 19.8. The molecule has 1 aliphatic heterocycles. The lowest BCUT2D eigenvalue weighted by Crippen LogP contribution is -2.46. The average Bonchev–Trinajstić information content (AvgIpc) is 2.78. The van der Waals surface area contributed by atoms with E-state index in [1.807, 2.05) is 4.90 Å². The number of amides is 2. The predicted molar refractivity (Wildman–Crippen MR) is 66.6 cm³/mol. The van der Waals surface area contributed by atoms with Crippen LogP contribution in [0.5, 0.6) is 0 Å². The van der Waals surface area contributed by atoms with Gasteiger partial charge in [0.25, 0.3) is 0 Å². The van der Waals surface area contributed by atoms with Crippen molar-refractivity contribution in [2.45, 2.75) is 45.6 Å². The Hall–Kier alpha value is -0.770. The molecule has 1 aliphatic rings. The molecular formula is C12H25N3O. The summed E-state index contributed by atoms with van der Waals surface area (Å²) in [6, 6.07) is 0.594. The van der Waals surface area contributed by atoms with Crippen LogP contribution in [0, 0.1) is 0 Å². The Labute approximate surface area is 98.8 Å². The Balaban J connectivity index is 2.35. The van der Waals surface area contributed by atoms with Gasteiger partial charge in [0.2, 0.25) is 0 Å². The molecule has 16 heavy (non-hydrogen) atoms. The lowest BCUT2D eigenvalue weighted by molar-refractivity contribution is 0.192. The number of nitrogens with zero attached hydrogens (tertiary/aromatic N) is 1. The molecule has 0 saturated carbocycles. The van der Waals surface area contributed by atoms with Gasteiger partial charge < -0.3 is 15.5 Å². The lowest BCUT2D eigenvalue weighted by Gasteiger charge is -2.25. The first-order chi connectivity index (χ1) is 7.77. The van der Waals surface area contributed by atoms with Crippen LogP contribution in [-0.2, 0) is 0 Å². The first-order valence-electron chi connectivity index (χ1n) is 6.54. The van der Waals surface area contributed by atoms with Gasteiger partial charge in [-0.15, -0.1) is 0 Å². The summed E-state index contributed by atoms with van der Waals surface area (Å²) in [5.74, 6) is 0. The van der Waals surface area contributed by atoms with E-state index < -0.39 is 0 Å². The number of hydrogen-bond donors (Lipinski definition) is 2. The number of urea groups is 1. The third kappa shape index (κ3) is 4.39. The smallest absolute Gasteiger partial charge is 0.317 e. The molecule has 2 N–H and O–H groups in total. The molecule has 0 radical (unpaired) electrons. The van der Waals surface area contributed by atoms with E-state index in [1.165, 1.54) is 12.8 Å². The molecule has 4 nitrogen and oxygen atoms in total. The molecule has 2 amide bonds. The zero-order chi connectivity index (χ0) is 11.8. The molecule has 1 heterocycles. The molecule has 1 fully saturated rings. The molecule has 1 saturated heterocycles. The predicted octanol–water partition coefficient (Wildman–Crippen LogP) is 1.57. The van der Waals surface area contributed by atoms with Crippen molar-refractivity contribution in [3.8, 4) is 0 Å². The summed E-state index contributed by atoms with van der Waals surface area (Å²) >= 11 is 0. The highest BCUT2D eigenvalue weighted by Gasteiger charge is 2.20. The van der Waals surface area contributed by atoms with E-state index in [9.17, 15) is 4.79 Å². The first kappa shape index (κ1) is 13.3. The molecule has 0 aromatic heterocycles. The molecule has 0 bridgehead atoms. The molecule has 0 aromatic rings. The third-order valence-corrected chi connectivity index (χ3v) is 2.91. The van der Waals surface area contributed by atoms with E-state index in [-0.39, 0.29) is 6.03 Å². The molecule has 0 aromatic carbocycles. The number of hydrogen-bond acceptors (Lipinski definition) is 2. The van der Waals surface area contributed by atoms with Gasteiger partial charge in [-0.25, -0.2) is 4.79 Å². The van der Waals surface area contributed by atoms with Crippen molar-refractivity contribution in [1.29, 1.82) is 0 Å². The molecule has 4 heteroatoms. The maximum absolute atomic E-state index is 11.9. The van der Waals surface area contributed by atoms with Crippen molar-refractivity contribution < 1.29 is 4.79 Å². The van der Waals surface area contributed by atoms with E-state index in [1.54, 1.807) is 0 Å². The molecule has 1 atom stereocenters. The maximum atomic E-state index is 11.9. The van der Waals surface area contributed by atoms with Crippen LogP contribution in [-0.4, -0.2) is 43.2 Å². The van der Waals surface area contributed by atoms with Gasteiger partial charge in [0.1, 0.15) is 0 Å². The number of rotatable bonds is 6. The summed E-state index contributed by atoms with van der Waals surface area (Å²) in [4.78, 5) is 13.8. The summed E-state index contributed by atoms with van der Waals surface area (Å²) in [6.07, 6.45) is 4.45. The number of nitrogens with one attached hydrogen (secondary N) is 2. The Morgan fingerprint density at radius 1 is 1.44 bits per heavy atom. The van der Waals surface area contributed by atoms with Crippen LogP contribution in [0.3, 0.4) is 0 Å². The van der Waals surface area contributed by atoms with Crippen molar-refractivity contribution in [2.24, 2.45) is 0 Å². The van der Waals surface area contributed by atoms with Crippen LogP contribution in [0.25, 0.3) is 0 Å². The fourth-order valence-corrected chi connectivity index (χ4v) is 2.07. The van der Waals surface area contributed by atoms with E-state index in [2.05, 4.69) is 24.5 Å². The van der Waals surface area contributed by atoms with Gasteiger partial charge in [0, 0.05) is 25.7 Å². The van der Waals surface area contributed by atoms with Gasteiger partial charge in [-0.1, -0.05) is 13.8 Å². The molecule has 1 rings (SSSR count). The van der Waals surface area contributed by atoms with Crippen LogP contribution < -0.4 is 10.6 Å². The fraction of sp³-hybridized carbons (Fsp3) is 0.917. The molecular weight excluding hydrogens is 202 g/mol. The minimum absolute atomic E-state index is 0.0948. The second-order valence-electron chi connectivity index (χ2n) is 4.47. The van der Waals surface area contributed by atoms with Crippen LogP contribution in [0.1, 0.15) is 39.5 Å². The van der Waals surface area contributed by atoms with Gasteiger partial charge >= 0.3 is 6.03 Å². The SMILES string of the molecule is CCCNC(=O)N(CCC)CC1CCCN1. The average molecular weight is 227 g/mol. The third-order valence-electron chi connectivity index (χ3n) is 2.91. The van der Waals surface area contributed by atoms with Crippen molar-refractivity contribution in [3.63, 3.8) is 0 Å². The summed E-state index contributed by atoms with van der Waals surface area (Å²) in [5.41, 5.74) is 0. The minimum atomic E-state index is 0.0948. The van der Waals surface area contributed by atoms with Gasteiger partial charge in [-0.3, -0.25) is 0 Å².